The van der Waals surface area contributed by atoms with Crippen LogP contribution in [0.2, 0.25) is 0 Å². The smallest absolute Gasteiger partial charge is 0.138 e. The van der Waals surface area contributed by atoms with Gasteiger partial charge in [-0.3, -0.25) is 9.13 Å². The highest BCUT2D eigenvalue weighted by atomic mass is 15.1. The largest absolute Gasteiger partial charge is 0.309 e. The molecular formula is C75H46N8. The molecule has 0 fully saturated rings. The van der Waals surface area contributed by atoms with E-state index in [1.807, 2.05) is 0 Å². The fourth-order valence-electron chi connectivity index (χ4n) is 13.6. The van der Waals surface area contributed by atoms with E-state index in [-0.39, 0.29) is 0 Å². The second kappa shape index (κ2) is 17.6. The van der Waals surface area contributed by atoms with Gasteiger partial charge in [-0.25, -0.2) is 15.0 Å². The van der Waals surface area contributed by atoms with Crippen molar-refractivity contribution in [1.29, 1.82) is 0 Å². The fraction of sp³-hybridized carbons (Fsp3) is 0. The molecule has 8 heterocycles. The zero-order chi connectivity index (χ0) is 54.3. The van der Waals surface area contributed by atoms with Gasteiger partial charge in [-0.05, 0) is 121 Å². The minimum atomic E-state index is 0.734. The van der Waals surface area contributed by atoms with E-state index in [0.717, 1.165) is 106 Å². The lowest BCUT2D eigenvalue weighted by Gasteiger charge is -2.14. The molecule has 8 nitrogen and oxygen atoms in total. The molecule has 0 bridgehead atoms. The van der Waals surface area contributed by atoms with Gasteiger partial charge in [0.1, 0.15) is 11.6 Å². The molecule has 18 rings (SSSR count). The average molecular weight is 1060 g/mol. The van der Waals surface area contributed by atoms with Gasteiger partial charge in [-0.1, -0.05) is 158 Å². The van der Waals surface area contributed by atoms with Crippen molar-refractivity contribution in [3.05, 3.63) is 279 Å². The van der Waals surface area contributed by atoms with Gasteiger partial charge in [0.25, 0.3) is 0 Å². The first-order chi connectivity index (χ1) is 41.2. The highest BCUT2D eigenvalue weighted by Crippen LogP contribution is 2.41. The van der Waals surface area contributed by atoms with Crippen LogP contribution >= 0.6 is 0 Å². The number of fused-ring (bicyclic) bond motifs is 15. The molecule has 0 N–H and O–H groups in total. The second-order valence-electron chi connectivity index (χ2n) is 21.6. The maximum atomic E-state index is 5.57. The molecule has 8 aromatic heterocycles. The van der Waals surface area contributed by atoms with Crippen molar-refractivity contribution in [2.45, 2.75) is 0 Å². The van der Waals surface area contributed by atoms with Crippen LogP contribution in [0.3, 0.4) is 0 Å². The van der Waals surface area contributed by atoms with Crippen LogP contribution in [0.5, 0.6) is 0 Å². The number of nitrogens with zero attached hydrogens (tertiary/aromatic N) is 8. The Morgan fingerprint density at radius 3 is 0.759 bits per heavy atom. The summed E-state index contributed by atoms with van der Waals surface area (Å²) in [5.41, 5.74) is 17.4. The Morgan fingerprint density at radius 1 is 0.169 bits per heavy atom. The molecule has 10 aromatic carbocycles. The zero-order valence-electron chi connectivity index (χ0n) is 44.6. The van der Waals surface area contributed by atoms with Crippen LogP contribution in [-0.2, 0) is 0 Å². The third kappa shape index (κ3) is 6.72. The van der Waals surface area contributed by atoms with Crippen molar-refractivity contribution in [2.75, 3.05) is 0 Å². The Balaban J connectivity index is 0.810. The molecule has 0 atom stereocenters. The van der Waals surface area contributed by atoms with Crippen LogP contribution < -0.4 is 0 Å². The van der Waals surface area contributed by atoms with Gasteiger partial charge >= 0.3 is 0 Å². The third-order valence-corrected chi connectivity index (χ3v) is 17.1. The average Bonchev–Trinajstić information content (AvgIpc) is 4.53. The van der Waals surface area contributed by atoms with E-state index < -0.39 is 0 Å². The third-order valence-electron chi connectivity index (χ3n) is 17.1. The lowest BCUT2D eigenvalue weighted by molar-refractivity contribution is 1.06. The highest BCUT2D eigenvalue weighted by molar-refractivity contribution is 6.14. The van der Waals surface area contributed by atoms with Crippen molar-refractivity contribution in [3.63, 3.8) is 0 Å². The Kier molecular flexibility index (Phi) is 9.64. The number of benzene rings is 10. The normalized spacial score (nSPS) is 12.1. The quantitative estimate of drug-likeness (QED) is 0.160. The van der Waals surface area contributed by atoms with Crippen LogP contribution in [0, 0.1) is 0 Å². The predicted octanol–water partition coefficient (Wildman–Crippen LogP) is 18.7. The van der Waals surface area contributed by atoms with E-state index in [0.29, 0.717) is 0 Å². The molecule has 386 valence electrons. The number of para-hydroxylation sites is 8. The number of hydrogen-bond donors (Lipinski definition) is 0. The topological polar surface area (TPSA) is 63.3 Å². The van der Waals surface area contributed by atoms with E-state index in [1.165, 1.54) is 54.4 Å². The first-order valence-electron chi connectivity index (χ1n) is 28.2. The molecule has 0 spiro atoms. The van der Waals surface area contributed by atoms with Gasteiger partial charge in [0, 0.05) is 65.2 Å². The number of aromatic nitrogens is 8. The molecular weight excluding hydrogens is 1010 g/mol. The Hall–Kier alpha value is -11.4. The van der Waals surface area contributed by atoms with Crippen molar-refractivity contribution >= 4 is 109 Å². The molecule has 0 aliphatic heterocycles. The summed E-state index contributed by atoms with van der Waals surface area (Å²) in [7, 11) is 0. The molecule has 0 saturated carbocycles. The lowest BCUT2D eigenvalue weighted by Crippen LogP contribution is -2.03. The van der Waals surface area contributed by atoms with Crippen molar-refractivity contribution in [1.82, 2.24) is 37.8 Å². The molecule has 0 aliphatic rings. The fourth-order valence-corrected chi connectivity index (χ4v) is 13.6. The lowest BCUT2D eigenvalue weighted by atomic mass is 10.1. The highest BCUT2D eigenvalue weighted by Gasteiger charge is 2.22. The standard InChI is InChI=1S/C75H46N8/c1-9-29-64-50(19-1)51-20-2-10-30-65(51)79(64)47-39-41-72-58(43-47)56-25-7-15-35-70(56)82(72)74-37-17-27-60(77-74)62-45-49(81-68-33-13-5-23-54(68)55-24-6-14-34-69(55)81)46-63(76-62)61-28-18-38-75(78-61)83-71-36-16-8-26-57(71)59-44-48(40-42-73(59)83)80-66-31-11-3-21-52(66)53-22-4-12-32-67(53)80/h1-46H. The second-order valence-corrected chi connectivity index (χ2v) is 21.6. The minimum absolute atomic E-state index is 0.734. The van der Waals surface area contributed by atoms with Gasteiger partial charge in [0.2, 0.25) is 0 Å². The zero-order valence-corrected chi connectivity index (χ0v) is 44.6. The first kappa shape index (κ1) is 45.5. The van der Waals surface area contributed by atoms with Crippen LogP contribution in [-0.4, -0.2) is 37.8 Å². The molecule has 0 radical (unpaired) electrons. The van der Waals surface area contributed by atoms with Crippen molar-refractivity contribution in [2.24, 2.45) is 0 Å². The van der Waals surface area contributed by atoms with Crippen LogP contribution in [0.4, 0.5) is 0 Å². The molecule has 8 heteroatoms. The molecule has 0 aliphatic carbocycles. The van der Waals surface area contributed by atoms with Crippen LogP contribution in [0.25, 0.3) is 161 Å². The molecule has 83 heavy (non-hydrogen) atoms. The summed E-state index contributed by atoms with van der Waals surface area (Å²) in [6.45, 7) is 0. The monoisotopic (exact) mass is 1060 g/mol. The first-order valence-corrected chi connectivity index (χ1v) is 28.2. The summed E-state index contributed by atoms with van der Waals surface area (Å²) >= 11 is 0. The summed E-state index contributed by atoms with van der Waals surface area (Å²) in [6, 6.07) is 100.0. The Labute approximate surface area is 474 Å². The van der Waals surface area contributed by atoms with Crippen LogP contribution in [0.1, 0.15) is 0 Å². The Bertz CT molecular complexity index is 5270. The molecule has 0 saturated heterocycles. The van der Waals surface area contributed by atoms with E-state index in [4.69, 9.17) is 15.0 Å². The van der Waals surface area contributed by atoms with Gasteiger partial charge in [0.05, 0.1) is 83.6 Å². The van der Waals surface area contributed by atoms with E-state index >= 15 is 0 Å². The maximum absolute atomic E-state index is 5.57. The Morgan fingerprint density at radius 2 is 0.434 bits per heavy atom. The van der Waals surface area contributed by atoms with Gasteiger partial charge in [0.15, 0.2) is 0 Å². The number of rotatable bonds is 7. The molecule has 18 aromatic rings. The van der Waals surface area contributed by atoms with Gasteiger partial charge in [-0.15, -0.1) is 0 Å². The molecule has 0 amide bonds. The summed E-state index contributed by atoms with van der Waals surface area (Å²) in [6.07, 6.45) is 0. The van der Waals surface area contributed by atoms with Crippen molar-refractivity contribution in [3.8, 4) is 51.5 Å². The molecule has 0 unspecified atom stereocenters. The van der Waals surface area contributed by atoms with Gasteiger partial charge in [-0.2, -0.15) is 0 Å². The van der Waals surface area contributed by atoms with E-state index in [1.54, 1.807) is 0 Å². The summed E-state index contributed by atoms with van der Waals surface area (Å²) in [5, 5.41) is 11.9. The summed E-state index contributed by atoms with van der Waals surface area (Å²) in [4.78, 5) is 16.7. The van der Waals surface area contributed by atoms with Gasteiger partial charge < -0.3 is 13.7 Å². The van der Waals surface area contributed by atoms with E-state index in [9.17, 15) is 0 Å². The minimum Gasteiger partial charge on any atom is -0.309 e. The van der Waals surface area contributed by atoms with E-state index in [2.05, 4.69) is 302 Å². The van der Waals surface area contributed by atoms with Crippen LogP contribution in [0.15, 0.2) is 279 Å². The summed E-state index contributed by atoms with van der Waals surface area (Å²) in [5.74, 6) is 1.61. The number of hydrogen-bond acceptors (Lipinski definition) is 3. The predicted molar refractivity (Wildman–Crippen MR) is 342 cm³/mol. The summed E-state index contributed by atoms with van der Waals surface area (Å²) < 4.78 is 11.7. The maximum Gasteiger partial charge on any atom is 0.138 e. The SMILES string of the molecule is c1cc(-c2cc(-n3c4ccccc4c4ccccc43)cc(-c3cccc(-n4c5ccccc5c5cc(-n6c7ccccc7c7ccccc76)ccc54)n3)n2)nc(-n2c3ccccc3c3cc(-n4c5ccccc5c5ccccc54)ccc32)c1. The number of pyridine rings is 3. The van der Waals surface area contributed by atoms with Crippen molar-refractivity contribution < 1.29 is 0 Å².